The Morgan fingerprint density at radius 1 is 0.537 bits per heavy atom. The molecule has 2 aromatic carbocycles. The third-order valence-electron chi connectivity index (χ3n) is 16.0. The quantitative estimate of drug-likeness (QED) is 0.0173. The second-order valence-corrected chi connectivity index (χ2v) is 25.1. The highest BCUT2D eigenvalue weighted by Gasteiger charge is 2.42. The van der Waals surface area contributed by atoms with Crippen LogP contribution in [0.3, 0.4) is 0 Å². The molecule has 0 aliphatic carbocycles. The van der Waals surface area contributed by atoms with Crippen molar-refractivity contribution in [1.29, 1.82) is 0 Å². The molecule has 0 aromatic heterocycles. The summed E-state index contributed by atoms with van der Waals surface area (Å²) in [5, 5.41) is 21.1. The average molecular weight is 1350 g/mol. The van der Waals surface area contributed by atoms with Crippen LogP contribution >= 0.6 is 11.8 Å². The summed E-state index contributed by atoms with van der Waals surface area (Å²) in [4.78, 5) is 185. The Morgan fingerprint density at radius 2 is 1.01 bits per heavy atom. The smallest absolute Gasteiger partial charge is 0.245 e. The minimum atomic E-state index is -1.64. The van der Waals surface area contributed by atoms with Crippen molar-refractivity contribution in [1.82, 2.24) is 52.3 Å². The average Bonchev–Trinajstić information content (AvgIpc) is 1.74. The number of rotatable bonds is 42. The van der Waals surface area contributed by atoms with Crippen LogP contribution < -0.4 is 82.7 Å². The van der Waals surface area contributed by atoms with Crippen molar-refractivity contribution >= 4 is 94.5 Å². The number of guanidine groups is 1. The number of nitrogens with zero attached hydrogens (tertiary/aromatic N) is 3. The number of aliphatic imine (C=N–C) groups is 1. The summed E-state index contributed by atoms with van der Waals surface area (Å²) in [7, 11) is 0. The molecular formula is C63H98N18O13S. The number of primary amides is 3. The van der Waals surface area contributed by atoms with Crippen LogP contribution in [0.25, 0.3) is 0 Å². The number of likely N-dealkylation sites (tertiary alicyclic amines) is 2. The number of hydrogen-bond acceptors (Lipinski definition) is 17. The van der Waals surface area contributed by atoms with Gasteiger partial charge in [-0.3, -0.25) is 67.3 Å². The van der Waals surface area contributed by atoms with E-state index in [-0.39, 0.29) is 83.0 Å². The van der Waals surface area contributed by atoms with Crippen LogP contribution in [0.2, 0.25) is 0 Å². The Morgan fingerprint density at radius 3 is 1.51 bits per heavy atom. The molecule has 31 nitrogen and oxygen atoms in total. The zero-order valence-electron chi connectivity index (χ0n) is 54.5. The van der Waals surface area contributed by atoms with Gasteiger partial charge in [-0.2, -0.15) is 11.8 Å². The molecule has 2 fully saturated rings. The van der Waals surface area contributed by atoms with E-state index in [9.17, 15) is 62.3 Å². The Bertz CT molecular complexity index is 2960. The van der Waals surface area contributed by atoms with Crippen LogP contribution in [0, 0.1) is 5.92 Å². The van der Waals surface area contributed by atoms with E-state index in [0.29, 0.717) is 55.4 Å². The van der Waals surface area contributed by atoms with Gasteiger partial charge < -0.3 is 92.5 Å². The summed E-state index contributed by atoms with van der Waals surface area (Å²) in [6.07, 6.45) is 3.12. The zero-order valence-corrected chi connectivity index (χ0v) is 55.3. The topological polar surface area (TPSA) is 519 Å². The van der Waals surface area contributed by atoms with Gasteiger partial charge in [0.15, 0.2) is 5.96 Å². The minimum absolute atomic E-state index is 0.0736. The van der Waals surface area contributed by atoms with E-state index < -0.39 is 169 Å². The number of unbranched alkanes of at least 4 members (excludes halogenated alkanes) is 1. The molecule has 0 spiro atoms. The normalized spacial score (nSPS) is 16.8. The molecule has 2 aliphatic heterocycles. The lowest BCUT2D eigenvalue weighted by Crippen LogP contribution is -2.60. The number of benzene rings is 2. The third-order valence-corrected chi connectivity index (χ3v) is 16.7. The van der Waals surface area contributed by atoms with Gasteiger partial charge in [-0.15, -0.1) is 0 Å². The molecule has 0 saturated carbocycles. The minimum Gasteiger partial charge on any atom is -0.370 e. The van der Waals surface area contributed by atoms with Gasteiger partial charge in [0.2, 0.25) is 76.8 Å². The maximum Gasteiger partial charge on any atom is 0.245 e. The fraction of sp³-hybridized carbons (Fsp3) is 0.587. The lowest BCUT2D eigenvalue weighted by atomic mass is 10.0. The Kier molecular flexibility index (Phi) is 33.9. The lowest BCUT2D eigenvalue weighted by molar-refractivity contribution is -0.144. The highest BCUT2D eigenvalue weighted by Crippen LogP contribution is 2.24. The number of carbonyl (C=O) groups excluding carboxylic acids is 13. The van der Waals surface area contributed by atoms with Crippen LogP contribution in [-0.4, -0.2) is 198 Å². The number of amides is 13. The Labute approximate surface area is 558 Å². The van der Waals surface area contributed by atoms with Gasteiger partial charge in [0.05, 0.1) is 12.6 Å². The first-order valence-electron chi connectivity index (χ1n) is 32.2. The van der Waals surface area contributed by atoms with Gasteiger partial charge in [0.25, 0.3) is 0 Å². The highest BCUT2D eigenvalue weighted by atomic mass is 32.2. The molecule has 0 bridgehead atoms. The molecule has 22 N–H and O–H groups in total. The van der Waals surface area contributed by atoms with Gasteiger partial charge >= 0.3 is 0 Å². The standard InChI is InChI=1S/C63H98N18O13S/c1-37(2)33-45(57(89)74-41(53(68)85)27-32-95-3)73-52(84)36-72-54(86)46(34-38-15-6-4-7-16-38)78-58(90)47(35-39-17-8-5-9-18-39)79-56(88)42(23-25-50(66)82)75-55(87)43(24-26-51(67)83)76-59(91)49-22-14-31-81(49)62(94)44(20-10-11-28-64)77-60(92)48-21-13-30-80(48)61(93)40(65)19-12-29-71-63(69)70/h4-9,15-18,37,40-49H,10-14,19-36,64-65H2,1-3H3,(H2,66,82)(H2,67,83)(H2,68,85)(H,72,86)(H,73,84)(H,74,89)(H,75,87)(H,76,91)(H,77,92)(H,78,90)(H,79,88)(H4,69,70,71)/t40-,41+,42-,43-,44+,45+,46-,47+,48-,49+/m1/s1. The Hall–Kier alpha value is -8.91. The molecule has 4 rings (SSSR count). The summed E-state index contributed by atoms with van der Waals surface area (Å²) in [6.45, 7) is 3.86. The lowest BCUT2D eigenvalue weighted by Gasteiger charge is -2.32. The van der Waals surface area contributed by atoms with E-state index in [4.69, 9.17) is 40.1 Å². The third kappa shape index (κ3) is 27.5. The number of nitrogens with two attached hydrogens (primary N) is 7. The molecule has 2 aromatic rings. The number of carbonyl (C=O) groups is 13. The predicted octanol–water partition coefficient (Wildman–Crippen LogP) is -3.71. The first-order chi connectivity index (χ1) is 45.2. The largest absolute Gasteiger partial charge is 0.370 e. The Balaban J connectivity index is 1.56. The van der Waals surface area contributed by atoms with Crippen LogP contribution in [0.4, 0.5) is 0 Å². The van der Waals surface area contributed by atoms with Crippen molar-refractivity contribution in [2.75, 3.05) is 44.7 Å². The second kappa shape index (κ2) is 41.0. The van der Waals surface area contributed by atoms with Gasteiger partial charge in [-0.05, 0) is 119 Å². The number of hydrogen-bond donors (Lipinski definition) is 15. The molecule has 32 heteroatoms. The van der Waals surface area contributed by atoms with Crippen molar-refractivity contribution in [3.05, 3.63) is 71.8 Å². The van der Waals surface area contributed by atoms with E-state index in [2.05, 4.69) is 47.5 Å². The van der Waals surface area contributed by atoms with Gasteiger partial charge in [-0.25, -0.2) is 0 Å². The van der Waals surface area contributed by atoms with E-state index in [1.54, 1.807) is 60.7 Å². The SMILES string of the molecule is CSCC[C@H](NC(=O)[C@H](CC(C)C)NC(=O)CNC(=O)[C@@H](Cc1ccccc1)NC(=O)[C@H](Cc1ccccc1)NC(=O)[C@@H](CCC(N)=O)NC(=O)[C@@H](CCC(N)=O)NC(=O)[C@@H]1CCCN1C(=O)[C@H](CCCCN)NC(=O)[C@H]1CCCN1C(=O)[C@H](N)CCCN=C(N)N)C(N)=O. The summed E-state index contributed by atoms with van der Waals surface area (Å²) in [5.41, 5.74) is 40.6. The molecular weight excluding hydrogens is 1250 g/mol. The molecule has 10 atom stereocenters. The monoisotopic (exact) mass is 1350 g/mol. The van der Waals surface area contributed by atoms with Crippen molar-refractivity contribution in [2.24, 2.45) is 51.0 Å². The molecule has 2 aliphatic rings. The van der Waals surface area contributed by atoms with Gasteiger partial charge in [0.1, 0.15) is 54.4 Å². The molecule has 13 amide bonds. The van der Waals surface area contributed by atoms with E-state index in [1.807, 2.05) is 20.1 Å². The fourth-order valence-corrected chi connectivity index (χ4v) is 11.5. The van der Waals surface area contributed by atoms with Crippen LogP contribution in [0.5, 0.6) is 0 Å². The zero-order chi connectivity index (χ0) is 70.1. The summed E-state index contributed by atoms with van der Waals surface area (Å²) in [5.74, 6) is -9.80. The van der Waals surface area contributed by atoms with Crippen molar-refractivity contribution in [2.45, 2.75) is 183 Å². The summed E-state index contributed by atoms with van der Waals surface area (Å²) in [6, 6.07) is 4.51. The van der Waals surface area contributed by atoms with Crippen LogP contribution in [-0.2, 0) is 75.2 Å². The maximum absolute atomic E-state index is 14.7. The van der Waals surface area contributed by atoms with E-state index in [1.165, 1.54) is 21.6 Å². The number of nitrogens with one attached hydrogen (secondary N) is 8. The van der Waals surface area contributed by atoms with Crippen molar-refractivity contribution in [3.8, 4) is 0 Å². The fourth-order valence-electron chi connectivity index (χ4n) is 11.0. The first-order valence-corrected chi connectivity index (χ1v) is 33.6. The highest BCUT2D eigenvalue weighted by molar-refractivity contribution is 7.98. The number of thioether (sulfide) groups is 1. The predicted molar refractivity (Wildman–Crippen MR) is 356 cm³/mol. The molecule has 0 radical (unpaired) electrons. The van der Waals surface area contributed by atoms with Crippen LogP contribution in [0.15, 0.2) is 65.7 Å². The molecule has 2 heterocycles. The maximum atomic E-state index is 14.7. The van der Waals surface area contributed by atoms with E-state index in [0.717, 1.165) is 0 Å². The summed E-state index contributed by atoms with van der Waals surface area (Å²) >= 11 is 1.45. The van der Waals surface area contributed by atoms with Gasteiger partial charge in [0, 0.05) is 45.3 Å². The first kappa shape index (κ1) is 78.5. The molecule has 0 unspecified atom stereocenters. The van der Waals surface area contributed by atoms with E-state index >= 15 is 0 Å². The molecule has 2 saturated heterocycles. The molecule has 524 valence electrons. The van der Waals surface area contributed by atoms with Gasteiger partial charge in [-0.1, -0.05) is 74.5 Å². The van der Waals surface area contributed by atoms with Crippen molar-refractivity contribution < 1.29 is 62.3 Å². The summed E-state index contributed by atoms with van der Waals surface area (Å²) < 4.78 is 0. The second-order valence-electron chi connectivity index (χ2n) is 24.1. The van der Waals surface area contributed by atoms with Crippen LogP contribution in [0.1, 0.15) is 121 Å². The van der Waals surface area contributed by atoms with Crippen molar-refractivity contribution in [3.63, 3.8) is 0 Å². The molecule has 95 heavy (non-hydrogen) atoms.